The van der Waals surface area contributed by atoms with Gasteiger partial charge in [0.25, 0.3) is 0 Å². The van der Waals surface area contributed by atoms with Crippen molar-refractivity contribution in [2.45, 2.75) is 277 Å². The summed E-state index contributed by atoms with van der Waals surface area (Å²) in [6, 6.07) is 0. The van der Waals surface area contributed by atoms with Crippen LogP contribution in [0.3, 0.4) is 0 Å². The molecule has 0 aromatic carbocycles. The second-order valence-corrected chi connectivity index (χ2v) is 21.2. The minimum absolute atomic E-state index is 0.0555. The summed E-state index contributed by atoms with van der Waals surface area (Å²) in [6.07, 6.45) is 63.0. The Labute approximate surface area is 452 Å². The van der Waals surface area contributed by atoms with Crippen LogP contribution in [0, 0.1) is 0 Å². The van der Waals surface area contributed by atoms with Crippen LogP contribution in [0.1, 0.15) is 265 Å². The molecule has 428 valence electrons. The number of hydrogen-bond donors (Lipinski definition) is 2. The van der Waals surface area contributed by atoms with Crippen LogP contribution in [-0.4, -0.2) is 66.5 Å². The number of phosphoric acid groups is 1. The molecule has 0 saturated heterocycles. The Morgan fingerprint density at radius 1 is 0.392 bits per heavy atom. The first-order valence-corrected chi connectivity index (χ1v) is 31.3. The van der Waals surface area contributed by atoms with Gasteiger partial charge in [0, 0.05) is 19.3 Å². The van der Waals surface area contributed by atoms with Gasteiger partial charge in [0.15, 0.2) is 6.10 Å². The van der Waals surface area contributed by atoms with E-state index in [1.807, 2.05) is 12.2 Å². The molecule has 0 aromatic rings. The Morgan fingerprint density at radius 2 is 0.730 bits per heavy atom. The first-order valence-electron chi connectivity index (χ1n) is 29.8. The van der Waals surface area contributed by atoms with Gasteiger partial charge in [0.2, 0.25) is 0 Å². The summed E-state index contributed by atoms with van der Waals surface area (Å²) in [7, 11) is -4.77. The summed E-state index contributed by atoms with van der Waals surface area (Å²) in [5.41, 5.74) is 0. The summed E-state index contributed by atoms with van der Waals surface area (Å²) in [4.78, 5) is 48.5. The third-order valence-electron chi connectivity index (χ3n) is 12.6. The van der Waals surface area contributed by atoms with Crippen molar-refractivity contribution in [3.8, 4) is 0 Å². The molecule has 0 radical (unpaired) electrons. The van der Waals surface area contributed by atoms with Crippen LogP contribution < -0.4 is 0 Å². The first kappa shape index (κ1) is 70.9. The zero-order valence-corrected chi connectivity index (χ0v) is 48.2. The van der Waals surface area contributed by atoms with Gasteiger partial charge in [-0.3, -0.25) is 23.4 Å². The molecule has 0 spiro atoms. The zero-order chi connectivity index (χ0) is 54.1. The predicted molar refractivity (Wildman–Crippen MR) is 307 cm³/mol. The van der Waals surface area contributed by atoms with Gasteiger partial charge in [-0.15, -0.1) is 0 Å². The fourth-order valence-electron chi connectivity index (χ4n) is 8.11. The first-order chi connectivity index (χ1) is 36.2. The van der Waals surface area contributed by atoms with E-state index in [0.29, 0.717) is 19.3 Å². The van der Waals surface area contributed by atoms with E-state index in [9.17, 15) is 28.9 Å². The smallest absolute Gasteiger partial charge is 0.462 e. The molecule has 0 saturated carbocycles. The second kappa shape index (κ2) is 56.1. The van der Waals surface area contributed by atoms with Gasteiger partial charge in [-0.2, -0.15) is 0 Å². The van der Waals surface area contributed by atoms with Crippen LogP contribution in [0.2, 0.25) is 0 Å². The monoisotopic (exact) mass is 1060 g/mol. The summed E-state index contributed by atoms with van der Waals surface area (Å²) < 4.78 is 39.5. The number of ether oxygens (including phenoxy) is 3. The van der Waals surface area contributed by atoms with E-state index in [1.54, 1.807) is 0 Å². The molecule has 0 amide bonds. The molecule has 0 aromatic heterocycles. The lowest BCUT2D eigenvalue weighted by Gasteiger charge is -2.21. The number of unbranched alkanes of at least 4 members (excludes halogenated alkanes) is 26. The van der Waals surface area contributed by atoms with E-state index in [-0.39, 0.29) is 25.9 Å². The van der Waals surface area contributed by atoms with Crippen molar-refractivity contribution in [2.75, 3.05) is 26.4 Å². The number of rotatable bonds is 55. The zero-order valence-electron chi connectivity index (χ0n) is 47.3. The molecule has 74 heavy (non-hydrogen) atoms. The lowest BCUT2D eigenvalue weighted by molar-refractivity contribution is -0.161. The van der Waals surface area contributed by atoms with E-state index in [4.69, 9.17) is 23.3 Å². The Morgan fingerprint density at radius 3 is 1.19 bits per heavy atom. The minimum atomic E-state index is -4.77. The largest absolute Gasteiger partial charge is 0.472 e. The Kier molecular flexibility index (Phi) is 53.8. The second-order valence-electron chi connectivity index (χ2n) is 19.8. The number of phosphoric ester groups is 1. The van der Waals surface area contributed by atoms with Gasteiger partial charge in [-0.1, -0.05) is 241 Å². The minimum Gasteiger partial charge on any atom is -0.462 e. The highest BCUT2D eigenvalue weighted by Crippen LogP contribution is 2.43. The highest BCUT2D eigenvalue weighted by Gasteiger charge is 2.28. The highest BCUT2D eigenvalue weighted by atomic mass is 31.2. The topological polar surface area (TPSA) is 155 Å². The molecule has 0 rings (SSSR count). The third-order valence-corrected chi connectivity index (χ3v) is 13.6. The van der Waals surface area contributed by atoms with Gasteiger partial charge >= 0.3 is 25.7 Å². The predicted octanol–water partition coefficient (Wildman–Crippen LogP) is 17.7. The number of carbonyl (C=O) groups excluding carboxylic acids is 3. The van der Waals surface area contributed by atoms with Gasteiger partial charge in [0.05, 0.1) is 19.8 Å². The number of aliphatic hydroxyl groups is 1. The average molecular weight is 1060 g/mol. The standard InChI is InChI=1S/C62H109O11P/c1-4-7-10-13-16-19-22-25-27-28-29-30-32-34-36-39-42-45-48-51-60(64)69-55-59(73-62(66)53-50-47-44-41-38-35-31-26-23-20-17-14-11-8-5-2)57-71-74(67,68)70-56-58(54-63)72-61(65)52-49-46-43-40-37-33-24-21-18-15-12-9-6-3/h9,12,16,18-19,21,25,27,33,37,43,46,58-59,63H,4-8,10-11,13-15,17,20,22-24,26,28-32,34-36,38-42,44-45,47-57H2,1-3H3,(H,67,68)/b12-9-,19-16-,21-18-,27-25-,37-33-,46-43-. The molecule has 11 nitrogen and oxygen atoms in total. The van der Waals surface area contributed by atoms with Gasteiger partial charge < -0.3 is 24.2 Å². The Hall–Kier alpha value is -3.08. The number of esters is 3. The maximum Gasteiger partial charge on any atom is 0.472 e. The molecule has 0 aliphatic rings. The van der Waals surface area contributed by atoms with Crippen LogP contribution in [0.15, 0.2) is 72.9 Å². The molecular formula is C62H109O11P. The lowest BCUT2D eigenvalue weighted by Crippen LogP contribution is -2.30. The molecule has 3 unspecified atom stereocenters. The van der Waals surface area contributed by atoms with Crippen LogP contribution in [0.5, 0.6) is 0 Å². The third kappa shape index (κ3) is 53.7. The Bertz CT molecular complexity index is 1520. The molecule has 0 aliphatic heterocycles. The number of aliphatic hydroxyl groups excluding tert-OH is 1. The Balaban J connectivity index is 4.75. The molecule has 0 heterocycles. The van der Waals surface area contributed by atoms with Crippen molar-refractivity contribution in [1.29, 1.82) is 0 Å². The van der Waals surface area contributed by atoms with Crippen LogP contribution in [0.4, 0.5) is 0 Å². The summed E-state index contributed by atoms with van der Waals surface area (Å²) in [6.45, 7) is 4.44. The van der Waals surface area contributed by atoms with Gasteiger partial charge in [-0.25, -0.2) is 4.57 Å². The molecule has 0 fully saturated rings. The molecule has 0 aliphatic carbocycles. The maximum absolute atomic E-state index is 12.9. The molecule has 0 bridgehead atoms. The van der Waals surface area contributed by atoms with Crippen LogP contribution >= 0.6 is 7.82 Å². The van der Waals surface area contributed by atoms with Crippen molar-refractivity contribution in [3.63, 3.8) is 0 Å². The van der Waals surface area contributed by atoms with Crippen LogP contribution in [-0.2, 0) is 42.2 Å². The van der Waals surface area contributed by atoms with Crippen molar-refractivity contribution in [1.82, 2.24) is 0 Å². The molecule has 12 heteroatoms. The number of carbonyl (C=O) groups is 3. The van der Waals surface area contributed by atoms with Crippen LogP contribution in [0.25, 0.3) is 0 Å². The van der Waals surface area contributed by atoms with E-state index in [1.165, 1.54) is 128 Å². The van der Waals surface area contributed by atoms with Gasteiger partial charge in [0.1, 0.15) is 12.7 Å². The SMILES string of the molecule is CC/C=C\C/C=C\C/C=C\C/C=C\CCC(=O)OC(CO)COP(=O)(O)OCC(COC(=O)CCCCCCCCCCC/C=C\C/C=C\CCCCC)OC(=O)CCCCCCCCCCCCCCCCC. The fraction of sp³-hybridized carbons (Fsp3) is 0.758. The number of allylic oxidation sites excluding steroid dienone is 12. The average Bonchev–Trinajstić information content (AvgIpc) is 3.39. The van der Waals surface area contributed by atoms with Crippen molar-refractivity contribution in [2.24, 2.45) is 0 Å². The van der Waals surface area contributed by atoms with Crippen molar-refractivity contribution < 1.29 is 52.2 Å². The lowest BCUT2D eigenvalue weighted by atomic mass is 10.0. The molecule has 3 atom stereocenters. The highest BCUT2D eigenvalue weighted by molar-refractivity contribution is 7.47. The van der Waals surface area contributed by atoms with E-state index >= 15 is 0 Å². The quantitative estimate of drug-likeness (QED) is 0.0197. The molecule has 2 N–H and O–H groups in total. The molecular weight excluding hydrogens is 952 g/mol. The summed E-state index contributed by atoms with van der Waals surface area (Å²) in [5.74, 6) is -1.55. The van der Waals surface area contributed by atoms with E-state index < -0.39 is 57.8 Å². The fourth-order valence-corrected chi connectivity index (χ4v) is 8.89. The summed E-state index contributed by atoms with van der Waals surface area (Å²) >= 11 is 0. The summed E-state index contributed by atoms with van der Waals surface area (Å²) in [5, 5.41) is 9.79. The van der Waals surface area contributed by atoms with E-state index in [0.717, 1.165) is 77.0 Å². The van der Waals surface area contributed by atoms with E-state index in [2.05, 4.69) is 81.5 Å². The van der Waals surface area contributed by atoms with Crippen molar-refractivity contribution >= 4 is 25.7 Å². The van der Waals surface area contributed by atoms with Crippen molar-refractivity contribution in [3.05, 3.63) is 72.9 Å². The van der Waals surface area contributed by atoms with Gasteiger partial charge in [-0.05, 0) is 77.0 Å². The maximum atomic E-state index is 12.9. The number of hydrogen-bond acceptors (Lipinski definition) is 10. The normalized spacial score (nSPS) is 13.9.